The zero-order valence-corrected chi connectivity index (χ0v) is 15.9. The van der Waals surface area contributed by atoms with Gasteiger partial charge in [-0.05, 0) is 35.9 Å². The van der Waals surface area contributed by atoms with Gasteiger partial charge in [0.2, 0.25) is 6.79 Å². The second-order valence-corrected chi connectivity index (χ2v) is 6.96. The van der Waals surface area contributed by atoms with E-state index in [2.05, 4.69) is 5.32 Å². The molecule has 0 radical (unpaired) electrons. The number of hydrogen-bond donors (Lipinski definition) is 1. The van der Waals surface area contributed by atoms with Crippen LogP contribution in [0.5, 0.6) is 17.2 Å². The van der Waals surface area contributed by atoms with Crippen molar-refractivity contribution in [1.82, 2.24) is 4.90 Å². The molecule has 3 aromatic carbocycles. The van der Waals surface area contributed by atoms with Gasteiger partial charge in [0.25, 0.3) is 5.91 Å². The third kappa shape index (κ3) is 3.02. The lowest BCUT2D eigenvalue weighted by molar-refractivity contribution is 0.0728. The minimum absolute atomic E-state index is 0.00864. The molecule has 29 heavy (non-hydrogen) atoms. The molecule has 1 atom stereocenters. The molecule has 2 aliphatic rings. The largest absolute Gasteiger partial charge is 0.495 e. The van der Waals surface area contributed by atoms with E-state index in [-0.39, 0.29) is 18.9 Å². The summed E-state index contributed by atoms with van der Waals surface area (Å²) in [5, 5.41) is 3.49. The number of hydrogen-bond acceptors (Lipinski definition) is 5. The Bertz CT molecular complexity index is 1080. The Morgan fingerprint density at radius 2 is 1.83 bits per heavy atom. The highest BCUT2D eigenvalue weighted by molar-refractivity contribution is 5.99. The Morgan fingerprint density at radius 3 is 2.72 bits per heavy atom. The van der Waals surface area contributed by atoms with Gasteiger partial charge >= 0.3 is 0 Å². The van der Waals surface area contributed by atoms with Gasteiger partial charge in [0.05, 0.1) is 12.8 Å². The van der Waals surface area contributed by atoms with E-state index in [0.29, 0.717) is 17.9 Å². The van der Waals surface area contributed by atoms with Crippen molar-refractivity contribution >= 4 is 11.6 Å². The number of rotatable bonds is 5. The Balaban J connectivity index is 1.50. The van der Waals surface area contributed by atoms with E-state index in [9.17, 15) is 4.79 Å². The normalized spacial score (nSPS) is 16.7. The van der Waals surface area contributed by atoms with Crippen molar-refractivity contribution < 1.29 is 19.0 Å². The fourth-order valence-corrected chi connectivity index (χ4v) is 3.84. The first-order valence-corrected chi connectivity index (χ1v) is 9.42. The predicted molar refractivity (Wildman–Crippen MR) is 108 cm³/mol. The highest BCUT2D eigenvalue weighted by atomic mass is 16.7. The van der Waals surface area contributed by atoms with Gasteiger partial charge in [-0.3, -0.25) is 4.79 Å². The van der Waals surface area contributed by atoms with Gasteiger partial charge in [-0.15, -0.1) is 0 Å². The number of nitrogens with one attached hydrogen (secondary N) is 1. The summed E-state index contributed by atoms with van der Waals surface area (Å²) in [5.41, 5.74) is 3.47. The quantitative estimate of drug-likeness (QED) is 0.710. The number of amides is 1. The number of nitrogens with zero attached hydrogens (tertiary/aromatic N) is 1. The SMILES string of the molecule is COc1ccccc1N[C@@H]1c2ccccc2C(=O)N1Cc1ccc2c(c1)OCO2. The number of ether oxygens (including phenoxy) is 3. The summed E-state index contributed by atoms with van der Waals surface area (Å²) in [6.07, 6.45) is -0.305. The van der Waals surface area contributed by atoms with Gasteiger partial charge in [-0.25, -0.2) is 0 Å². The summed E-state index contributed by atoms with van der Waals surface area (Å²) in [5.74, 6) is 2.16. The van der Waals surface area contributed by atoms with E-state index in [0.717, 1.165) is 28.3 Å². The zero-order valence-electron chi connectivity index (χ0n) is 15.9. The molecule has 0 fully saturated rings. The highest BCUT2D eigenvalue weighted by Crippen LogP contribution is 2.39. The molecule has 0 unspecified atom stereocenters. The van der Waals surface area contributed by atoms with Gasteiger partial charge in [0, 0.05) is 17.7 Å². The molecular weight excluding hydrogens is 368 g/mol. The van der Waals surface area contributed by atoms with Crippen LogP contribution < -0.4 is 19.5 Å². The molecule has 0 spiro atoms. The van der Waals surface area contributed by atoms with Crippen LogP contribution in [-0.4, -0.2) is 24.7 Å². The number of benzene rings is 3. The topological polar surface area (TPSA) is 60.0 Å². The van der Waals surface area contributed by atoms with Gasteiger partial charge in [-0.1, -0.05) is 36.4 Å². The second kappa shape index (κ2) is 7.05. The molecule has 6 heteroatoms. The summed E-state index contributed by atoms with van der Waals surface area (Å²) >= 11 is 0. The second-order valence-electron chi connectivity index (χ2n) is 6.96. The molecule has 0 aliphatic carbocycles. The summed E-state index contributed by atoms with van der Waals surface area (Å²) in [6, 6.07) is 21.2. The molecule has 3 aromatic rings. The van der Waals surface area contributed by atoms with Crippen molar-refractivity contribution in [3.05, 3.63) is 83.4 Å². The highest BCUT2D eigenvalue weighted by Gasteiger charge is 2.37. The lowest BCUT2D eigenvalue weighted by Gasteiger charge is -2.28. The Kier molecular flexibility index (Phi) is 4.24. The Labute approximate surface area is 168 Å². The molecule has 1 N–H and O–H groups in total. The molecule has 6 nitrogen and oxygen atoms in total. The number of anilines is 1. The van der Waals surface area contributed by atoms with Crippen molar-refractivity contribution in [2.75, 3.05) is 19.2 Å². The van der Waals surface area contributed by atoms with E-state index < -0.39 is 0 Å². The van der Waals surface area contributed by atoms with E-state index in [1.807, 2.05) is 71.6 Å². The maximum Gasteiger partial charge on any atom is 0.256 e. The number of para-hydroxylation sites is 2. The summed E-state index contributed by atoms with van der Waals surface area (Å²) < 4.78 is 16.4. The van der Waals surface area contributed by atoms with Crippen LogP contribution in [0.2, 0.25) is 0 Å². The van der Waals surface area contributed by atoms with E-state index >= 15 is 0 Å². The third-order valence-corrected chi connectivity index (χ3v) is 5.25. The number of methoxy groups -OCH3 is 1. The Hall–Kier alpha value is -3.67. The minimum atomic E-state index is -0.305. The summed E-state index contributed by atoms with van der Waals surface area (Å²) in [7, 11) is 1.64. The summed E-state index contributed by atoms with van der Waals surface area (Å²) in [6.45, 7) is 0.668. The average Bonchev–Trinajstić information content (AvgIpc) is 3.33. The van der Waals surface area contributed by atoms with E-state index in [4.69, 9.17) is 14.2 Å². The van der Waals surface area contributed by atoms with Crippen LogP contribution in [0.15, 0.2) is 66.7 Å². The van der Waals surface area contributed by atoms with Crippen molar-refractivity contribution in [3.63, 3.8) is 0 Å². The summed E-state index contributed by atoms with van der Waals surface area (Å²) in [4.78, 5) is 15.0. The van der Waals surface area contributed by atoms with Gasteiger partial charge < -0.3 is 24.4 Å². The molecule has 2 aliphatic heterocycles. The molecule has 0 saturated heterocycles. The lowest BCUT2D eigenvalue weighted by atomic mass is 10.1. The molecule has 5 rings (SSSR count). The van der Waals surface area contributed by atoms with Crippen molar-refractivity contribution in [2.45, 2.75) is 12.7 Å². The van der Waals surface area contributed by atoms with Gasteiger partial charge in [0.1, 0.15) is 11.9 Å². The lowest BCUT2D eigenvalue weighted by Crippen LogP contribution is -2.32. The average molecular weight is 388 g/mol. The third-order valence-electron chi connectivity index (χ3n) is 5.25. The van der Waals surface area contributed by atoms with Crippen molar-refractivity contribution in [2.24, 2.45) is 0 Å². The Morgan fingerprint density at radius 1 is 1.03 bits per heavy atom. The number of carbonyl (C=O) groups excluding carboxylic acids is 1. The molecule has 0 aromatic heterocycles. The van der Waals surface area contributed by atoms with Crippen LogP contribution in [-0.2, 0) is 6.54 Å². The first kappa shape index (κ1) is 17.4. The van der Waals surface area contributed by atoms with Crippen molar-refractivity contribution in [1.29, 1.82) is 0 Å². The minimum Gasteiger partial charge on any atom is -0.495 e. The molecule has 1 amide bonds. The standard InChI is InChI=1S/C23H20N2O4/c1-27-19-9-5-4-8-18(19)24-22-16-6-2-3-7-17(16)23(26)25(22)13-15-10-11-20-21(12-15)29-14-28-20/h2-12,22,24H,13-14H2,1H3/t22-/m0/s1. The molecule has 146 valence electrons. The monoisotopic (exact) mass is 388 g/mol. The fourth-order valence-electron chi connectivity index (χ4n) is 3.84. The van der Waals surface area contributed by atoms with Crippen LogP contribution >= 0.6 is 0 Å². The molecule has 2 heterocycles. The van der Waals surface area contributed by atoms with Crippen LogP contribution in [0.4, 0.5) is 5.69 Å². The zero-order chi connectivity index (χ0) is 19.8. The first-order chi connectivity index (χ1) is 14.2. The predicted octanol–water partition coefficient (Wildman–Crippen LogP) is 4.19. The molecule has 0 bridgehead atoms. The first-order valence-electron chi connectivity index (χ1n) is 9.42. The molecular formula is C23H20N2O4. The van der Waals surface area contributed by atoms with Crippen LogP contribution in [0.1, 0.15) is 27.7 Å². The maximum absolute atomic E-state index is 13.2. The maximum atomic E-state index is 13.2. The number of carbonyl (C=O) groups is 1. The molecule has 0 saturated carbocycles. The van der Waals surface area contributed by atoms with E-state index in [1.54, 1.807) is 7.11 Å². The van der Waals surface area contributed by atoms with Gasteiger partial charge in [-0.2, -0.15) is 0 Å². The van der Waals surface area contributed by atoms with Crippen LogP contribution in [0, 0.1) is 0 Å². The van der Waals surface area contributed by atoms with Gasteiger partial charge in [0.15, 0.2) is 11.5 Å². The smallest absolute Gasteiger partial charge is 0.256 e. The van der Waals surface area contributed by atoms with Crippen LogP contribution in [0.3, 0.4) is 0 Å². The number of fused-ring (bicyclic) bond motifs is 2. The van der Waals surface area contributed by atoms with Crippen molar-refractivity contribution in [3.8, 4) is 17.2 Å². The van der Waals surface area contributed by atoms with E-state index in [1.165, 1.54) is 0 Å². The van der Waals surface area contributed by atoms with Crippen LogP contribution in [0.25, 0.3) is 0 Å². The fraction of sp³-hybridized carbons (Fsp3) is 0.174.